The summed E-state index contributed by atoms with van der Waals surface area (Å²) >= 11 is 0. The van der Waals surface area contributed by atoms with Gasteiger partial charge < -0.3 is 20.3 Å². The average Bonchev–Trinajstić information content (AvgIpc) is 3.27. The second-order valence-electron chi connectivity index (χ2n) is 8.04. The number of benzene rings is 1. The van der Waals surface area contributed by atoms with Gasteiger partial charge in [-0.3, -0.25) is 9.59 Å². The van der Waals surface area contributed by atoms with Crippen LogP contribution < -0.4 is 15.4 Å². The molecule has 2 fully saturated rings. The number of hydrogen-bond acceptors (Lipinski definition) is 4. The molecule has 2 saturated heterocycles. The average molecular weight is 388 g/mol. The summed E-state index contributed by atoms with van der Waals surface area (Å²) in [6.45, 7) is 5.66. The first-order chi connectivity index (χ1) is 13.6. The number of carbonyl (C=O) groups is 2. The Morgan fingerprint density at radius 3 is 2.82 bits per heavy atom. The summed E-state index contributed by atoms with van der Waals surface area (Å²) < 4.78 is 5.72. The van der Waals surface area contributed by atoms with Gasteiger partial charge in [0.25, 0.3) is 0 Å². The third kappa shape index (κ3) is 5.96. The van der Waals surface area contributed by atoms with Crippen LogP contribution in [0.2, 0.25) is 0 Å². The molecule has 1 aromatic rings. The smallest absolute Gasteiger partial charge is 0.237 e. The molecule has 3 atom stereocenters. The molecule has 3 unspecified atom stereocenters. The van der Waals surface area contributed by atoms with Crippen molar-refractivity contribution < 1.29 is 14.3 Å². The van der Waals surface area contributed by atoms with Crippen molar-refractivity contribution in [2.24, 2.45) is 11.8 Å². The van der Waals surface area contributed by atoms with Crippen LogP contribution in [0, 0.1) is 11.8 Å². The number of ether oxygens (including phenoxy) is 1. The van der Waals surface area contributed by atoms with Crippen molar-refractivity contribution in [3.05, 3.63) is 30.3 Å². The lowest BCUT2D eigenvalue weighted by atomic mass is 9.96. The standard InChI is InChI=1S/C22H33N3O3/c1-17(11-14-28-19-8-3-2-4-9-19)22(27)25-13-6-7-18(16-25)15-24-21(26)20-10-5-12-23-20/h2-4,8-9,17-18,20,23H,5-7,10-16H2,1H3,(H,24,26). The molecule has 0 bridgehead atoms. The summed E-state index contributed by atoms with van der Waals surface area (Å²) in [5, 5.41) is 6.31. The minimum atomic E-state index is -0.0558. The number of para-hydroxylation sites is 1. The van der Waals surface area contributed by atoms with Gasteiger partial charge in [-0.05, 0) is 56.7 Å². The van der Waals surface area contributed by atoms with E-state index in [2.05, 4.69) is 10.6 Å². The van der Waals surface area contributed by atoms with Gasteiger partial charge in [-0.25, -0.2) is 0 Å². The summed E-state index contributed by atoms with van der Waals surface area (Å²) in [6, 6.07) is 9.66. The Kier molecular flexibility index (Phi) is 7.71. The van der Waals surface area contributed by atoms with Crippen LogP contribution in [0.4, 0.5) is 0 Å². The van der Waals surface area contributed by atoms with Crippen LogP contribution in [-0.4, -0.2) is 55.5 Å². The molecule has 28 heavy (non-hydrogen) atoms. The first kappa shape index (κ1) is 20.6. The fourth-order valence-electron chi connectivity index (χ4n) is 4.01. The van der Waals surface area contributed by atoms with E-state index in [9.17, 15) is 9.59 Å². The zero-order valence-corrected chi connectivity index (χ0v) is 16.9. The van der Waals surface area contributed by atoms with Crippen LogP contribution in [0.15, 0.2) is 30.3 Å². The first-order valence-electron chi connectivity index (χ1n) is 10.6. The minimum absolute atomic E-state index is 0.0361. The Labute approximate surface area is 168 Å². The number of nitrogens with one attached hydrogen (secondary N) is 2. The van der Waals surface area contributed by atoms with Gasteiger partial charge in [0.05, 0.1) is 12.6 Å². The highest BCUT2D eigenvalue weighted by atomic mass is 16.5. The molecule has 0 aliphatic carbocycles. The van der Waals surface area contributed by atoms with E-state index >= 15 is 0 Å². The minimum Gasteiger partial charge on any atom is -0.494 e. The molecule has 1 aromatic carbocycles. The van der Waals surface area contributed by atoms with Gasteiger partial charge in [0.2, 0.25) is 11.8 Å². The zero-order chi connectivity index (χ0) is 19.8. The monoisotopic (exact) mass is 387 g/mol. The number of hydrogen-bond donors (Lipinski definition) is 2. The number of rotatable bonds is 8. The Bertz CT molecular complexity index is 631. The molecule has 2 heterocycles. The molecule has 6 heteroatoms. The van der Waals surface area contributed by atoms with Crippen LogP contribution in [-0.2, 0) is 9.59 Å². The van der Waals surface area contributed by atoms with Gasteiger partial charge in [0.15, 0.2) is 0 Å². The Balaban J connectivity index is 1.38. The number of likely N-dealkylation sites (tertiary alicyclic amines) is 1. The molecule has 2 aliphatic heterocycles. The molecular weight excluding hydrogens is 354 g/mol. The van der Waals surface area contributed by atoms with Gasteiger partial charge in [-0.2, -0.15) is 0 Å². The third-order valence-electron chi connectivity index (χ3n) is 5.76. The second kappa shape index (κ2) is 10.5. The van der Waals surface area contributed by atoms with Gasteiger partial charge in [0.1, 0.15) is 5.75 Å². The molecule has 6 nitrogen and oxygen atoms in total. The molecule has 3 rings (SSSR count). The maximum absolute atomic E-state index is 12.8. The predicted octanol–water partition coefficient (Wildman–Crippen LogP) is 2.20. The molecule has 154 valence electrons. The highest BCUT2D eigenvalue weighted by Crippen LogP contribution is 2.19. The van der Waals surface area contributed by atoms with E-state index in [1.807, 2.05) is 42.2 Å². The van der Waals surface area contributed by atoms with Crippen molar-refractivity contribution in [3.8, 4) is 5.75 Å². The van der Waals surface area contributed by atoms with Crippen molar-refractivity contribution in [1.82, 2.24) is 15.5 Å². The van der Waals surface area contributed by atoms with Crippen LogP contribution >= 0.6 is 0 Å². The number of carbonyl (C=O) groups excluding carboxylic acids is 2. The van der Waals surface area contributed by atoms with Gasteiger partial charge in [-0.15, -0.1) is 0 Å². The van der Waals surface area contributed by atoms with Crippen molar-refractivity contribution in [3.63, 3.8) is 0 Å². The molecule has 0 spiro atoms. The molecule has 2 N–H and O–H groups in total. The Hall–Kier alpha value is -2.08. The number of piperidine rings is 1. The van der Waals surface area contributed by atoms with E-state index < -0.39 is 0 Å². The second-order valence-corrected chi connectivity index (χ2v) is 8.04. The first-order valence-corrected chi connectivity index (χ1v) is 10.6. The Morgan fingerprint density at radius 1 is 1.25 bits per heavy atom. The van der Waals surface area contributed by atoms with Crippen LogP contribution in [0.3, 0.4) is 0 Å². The largest absolute Gasteiger partial charge is 0.494 e. The SMILES string of the molecule is CC(CCOc1ccccc1)C(=O)N1CCCC(CNC(=O)C2CCCN2)C1. The van der Waals surface area contributed by atoms with Crippen molar-refractivity contribution >= 4 is 11.8 Å². The maximum atomic E-state index is 12.8. The van der Waals surface area contributed by atoms with E-state index in [1.165, 1.54) is 0 Å². The van der Waals surface area contributed by atoms with E-state index in [-0.39, 0.29) is 23.8 Å². The molecule has 0 saturated carbocycles. The summed E-state index contributed by atoms with van der Waals surface area (Å²) in [7, 11) is 0. The van der Waals surface area contributed by atoms with E-state index in [0.29, 0.717) is 25.5 Å². The van der Waals surface area contributed by atoms with E-state index in [4.69, 9.17) is 4.74 Å². The lowest BCUT2D eigenvalue weighted by Crippen LogP contribution is -2.47. The highest BCUT2D eigenvalue weighted by Gasteiger charge is 2.28. The molecule has 0 aromatic heterocycles. The summed E-state index contributed by atoms with van der Waals surface area (Å²) in [4.78, 5) is 27.0. The molecule has 2 aliphatic rings. The Morgan fingerprint density at radius 2 is 2.07 bits per heavy atom. The quantitative estimate of drug-likeness (QED) is 0.717. The summed E-state index contributed by atoms with van der Waals surface area (Å²) in [5.74, 6) is 1.43. The third-order valence-corrected chi connectivity index (χ3v) is 5.76. The van der Waals surface area contributed by atoms with Gasteiger partial charge in [-0.1, -0.05) is 25.1 Å². The van der Waals surface area contributed by atoms with Crippen molar-refractivity contribution in [2.75, 3.05) is 32.8 Å². The van der Waals surface area contributed by atoms with Crippen molar-refractivity contribution in [2.45, 2.75) is 45.1 Å². The zero-order valence-electron chi connectivity index (χ0n) is 16.9. The van der Waals surface area contributed by atoms with Crippen LogP contribution in [0.5, 0.6) is 5.75 Å². The van der Waals surface area contributed by atoms with Crippen molar-refractivity contribution in [1.29, 1.82) is 0 Å². The van der Waals surface area contributed by atoms with Gasteiger partial charge in [0, 0.05) is 25.6 Å². The fraction of sp³-hybridized carbons (Fsp3) is 0.636. The van der Waals surface area contributed by atoms with E-state index in [0.717, 1.165) is 51.1 Å². The predicted molar refractivity (Wildman–Crippen MR) is 109 cm³/mol. The topological polar surface area (TPSA) is 70.7 Å². The van der Waals surface area contributed by atoms with Crippen LogP contribution in [0.25, 0.3) is 0 Å². The molecule has 2 amide bonds. The lowest BCUT2D eigenvalue weighted by Gasteiger charge is -2.34. The van der Waals surface area contributed by atoms with E-state index in [1.54, 1.807) is 0 Å². The fourth-order valence-corrected chi connectivity index (χ4v) is 4.01. The van der Waals surface area contributed by atoms with Gasteiger partial charge >= 0.3 is 0 Å². The van der Waals surface area contributed by atoms with Crippen LogP contribution in [0.1, 0.15) is 39.0 Å². The summed E-state index contributed by atoms with van der Waals surface area (Å²) in [6.07, 6.45) is 4.76. The molecule has 0 radical (unpaired) electrons. The highest BCUT2D eigenvalue weighted by molar-refractivity contribution is 5.82. The lowest BCUT2D eigenvalue weighted by molar-refractivity contribution is -0.137. The number of nitrogens with zero attached hydrogens (tertiary/aromatic N) is 1. The maximum Gasteiger partial charge on any atom is 0.237 e. The number of amides is 2. The summed E-state index contributed by atoms with van der Waals surface area (Å²) in [5.41, 5.74) is 0. The normalized spacial score (nSPS) is 23.2. The molecular formula is C22H33N3O3.